The van der Waals surface area contributed by atoms with Crippen molar-refractivity contribution in [3.05, 3.63) is 24.3 Å². The molecule has 0 bridgehead atoms. The van der Waals surface area contributed by atoms with Crippen LogP contribution in [0.25, 0.3) is 0 Å². The van der Waals surface area contributed by atoms with Crippen molar-refractivity contribution in [2.75, 3.05) is 26.9 Å². The largest absolute Gasteiger partial charge is 0.491 e. The van der Waals surface area contributed by atoms with E-state index in [1.807, 2.05) is 0 Å². The fraction of sp³-hybridized carbons (Fsp3) is 0.462. The lowest BCUT2D eigenvalue weighted by Crippen LogP contribution is -2.31. The molecule has 0 aromatic heterocycles. The van der Waals surface area contributed by atoms with Crippen LogP contribution >= 0.6 is 0 Å². The van der Waals surface area contributed by atoms with E-state index >= 15 is 0 Å². The van der Waals surface area contributed by atoms with Crippen LogP contribution in [-0.4, -0.2) is 46.4 Å². The maximum absolute atomic E-state index is 12.0. The Morgan fingerprint density at radius 1 is 1.29 bits per heavy atom. The van der Waals surface area contributed by atoms with E-state index in [-0.39, 0.29) is 11.4 Å². The summed E-state index contributed by atoms with van der Waals surface area (Å²) in [7, 11) is -2.17. The van der Waals surface area contributed by atoms with Crippen LogP contribution in [0.15, 0.2) is 29.2 Å². The Balaban J connectivity index is 2.64. The van der Waals surface area contributed by atoms with Crippen LogP contribution in [0.5, 0.6) is 5.75 Å². The van der Waals surface area contributed by atoms with Crippen molar-refractivity contribution < 1.29 is 27.8 Å². The van der Waals surface area contributed by atoms with E-state index in [0.29, 0.717) is 19.0 Å². The third-order valence-corrected chi connectivity index (χ3v) is 4.13. The van der Waals surface area contributed by atoms with E-state index in [0.717, 1.165) is 0 Å². The van der Waals surface area contributed by atoms with Gasteiger partial charge in [0.2, 0.25) is 10.0 Å². The fourth-order valence-electron chi connectivity index (χ4n) is 1.36. The standard InChI is InChI=1S/C13H19NO6S/c1-10(13(15)16)9-14-21(17,18)12-5-3-11(4-6-12)20-8-7-19-2/h3-6,10,14H,7-9H2,1-2H3,(H,15,16). The molecular weight excluding hydrogens is 298 g/mol. The summed E-state index contributed by atoms with van der Waals surface area (Å²) >= 11 is 0. The van der Waals surface area contributed by atoms with Crippen LogP contribution < -0.4 is 9.46 Å². The predicted molar refractivity (Wildman–Crippen MR) is 75.8 cm³/mol. The molecule has 0 radical (unpaired) electrons. The molecule has 0 amide bonds. The molecule has 118 valence electrons. The maximum atomic E-state index is 12.0. The Kier molecular flexibility index (Phi) is 6.60. The first-order chi connectivity index (χ1) is 9.86. The van der Waals surface area contributed by atoms with Gasteiger partial charge >= 0.3 is 5.97 Å². The summed E-state index contributed by atoms with van der Waals surface area (Å²) in [6.07, 6.45) is 0. The number of rotatable bonds is 9. The number of hydrogen-bond donors (Lipinski definition) is 2. The molecular formula is C13H19NO6S. The summed E-state index contributed by atoms with van der Waals surface area (Å²) in [5.41, 5.74) is 0. The van der Waals surface area contributed by atoms with Gasteiger partial charge in [0.05, 0.1) is 17.4 Å². The zero-order valence-electron chi connectivity index (χ0n) is 11.9. The molecule has 1 atom stereocenters. The topological polar surface area (TPSA) is 102 Å². The monoisotopic (exact) mass is 317 g/mol. The van der Waals surface area contributed by atoms with Gasteiger partial charge in [-0.25, -0.2) is 13.1 Å². The molecule has 21 heavy (non-hydrogen) atoms. The minimum atomic E-state index is -3.72. The average molecular weight is 317 g/mol. The molecule has 0 heterocycles. The van der Waals surface area contributed by atoms with Crippen molar-refractivity contribution in [3.8, 4) is 5.75 Å². The zero-order chi connectivity index (χ0) is 15.9. The van der Waals surface area contributed by atoms with Crippen molar-refractivity contribution in [3.63, 3.8) is 0 Å². The summed E-state index contributed by atoms with van der Waals surface area (Å²) in [6, 6.07) is 5.86. The molecule has 7 nitrogen and oxygen atoms in total. The van der Waals surface area contributed by atoms with Crippen LogP contribution in [0.4, 0.5) is 0 Å². The highest BCUT2D eigenvalue weighted by Gasteiger charge is 2.18. The minimum Gasteiger partial charge on any atom is -0.491 e. The van der Waals surface area contributed by atoms with Gasteiger partial charge < -0.3 is 14.6 Å². The first kappa shape index (κ1) is 17.4. The second-order valence-electron chi connectivity index (χ2n) is 4.40. The molecule has 1 rings (SSSR count). The molecule has 1 aromatic carbocycles. The Morgan fingerprint density at radius 2 is 1.90 bits per heavy atom. The van der Waals surface area contributed by atoms with Crippen molar-refractivity contribution in [1.29, 1.82) is 0 Å². The van der Waals surface area contributed by atoms with Crippen LogP contribution in [0.2, 0.25) is 0 Å². The van der Waals surface area contributed by atoms with Gasteiger partial charge in [0.25, 0.3) is 0 Å². The maximum Gasteiger partial charge on any atom is 0.307 e. The first-order valence-electron chi connectivity index (χ1n) is 6.31. The molecule has 1 unspecified atom stereocenters. The predicted octanol–water partition coefficient (Wildman–Crippen LogP) is 0.711. The number of hydrogen-bond acceptors (Lipinski definition) is 5. The third-order valence-electron chi connectivity index (χ3n) is 2.69. The number of sulfonamides is 1. The highest BCUT2D eigenvalue weighted by atomic mass is 32.2. The number of carboxylic acid groups (broad SMARTS) is 1. The number of benzene rings is 1. The molecule has 0 spiro atoms. The summed E-state index contributed by atoms with van der Waals surface area (Å²) in [6.45, 7) is 2.08. The van der Waals surface area contributed by atoms with Gasteiger partial charge in [-0.15, -0.1) is 0 Å². The zero-order valence-corrected chi connectivity index (χ0v) is 12.7. The lowest BCUT2D eigenvalue weighted by molar-refractivity contribution is -0.140. The van der Waals surface area contributed by atoms with Gasteiger partial charge in [-0.05, 0) is 24.3 Å². The minimum absolute atomic E-state index is 0.0548. The quantitative estimate of drug-likeness (QED) is 0.650. The molecule has 0 aliphatic carbocycles. The Labute approximate surface area is 123 Å². The molecule has 1 aromatic rings. The van der Waals surface area contributed by atoms with E-state index in [9.17, 15) is 13.2 Å². The smallest absolute Gasteiger partial charge is 0.307 e. The van der Waals surface area contributed by atoms with Crippen LogP contribution in [0.3, 0.4) is 0 Å². The Morgan fingerprint density at radius 3 is 2.43 bits per heavy atom. The normalized spacial score (nSPS) is 12.9. The number of methoxy groups -OCH3 is 1. The molecule has 0 saturated heterocycles. The molecule has 2 N–H and O–H groups in total. The lowest BCUT2D eigenvalue weighted by Gasteiger charge is -2.10. The van der Waals surface area contributed by atoms with Crippen LogP contribution in [0, 0.1) is 5.92 Å². The van der Waals surface area contributed by atoms with E-state index in [1.165, 1.54) is 31.2 Å². The highest BCUT2D eigenvalue weighted by Crippen LogP contribution is 2.16. The summed E-state index contributed by atoms with van der Waals surface area (Å²) in [5.74, 6) is -1.32. The van der Waals surface area contributed by atoms with Gasteiger partial charge in [0, 0.05) is 13.7 Å². The molecule has 0 fully saturated rings. The van der Waals surface area contributed by atoms with Crippen molar-refractivity contribution >= 4 is 16.0 Å². The molecule has 0 saturated carbocycles. The number of ether oxygens (including phenoxy) is 2. The van der Waals surface area contributed by atoms with E-state index in [1.54, 1.807) is 7.11 Å². The van der Waals surface area contributed by atoms with Gasteiger partial charge in [0.1, 0.15) is 12.4 Å². The average Bonchev–Trinajstić information content (AvgIpc) is 2.45. The molecule has 0 aliphatic rings. The second-order valence-corrected chi connectivity index (χ2v) is 6.17. The number of nitrogens with one attached hydrogen (secondary N) is 1. The Bertz CT molecular complexity index is 555. The SMILES string of the molecule is COCCOc1ccc(S(=O)(=O)NCC(C)C(=O)O)cc1. The lowest BCUT2D eigenvalue weighted by atomic mass is 10.2. The van der Waals surface area contributed by atoms with Crippen LogP contribution in [-0.2, 0) is 19.6 Å². The number of carbonyl (C=O) groups is 1. The van der Waals surface area contributed by atoms with E-state index in [4.69, 9.17) is 14.6 Å². The van der Waals surface area contributed by atoms with Gasteiger partial charge in [-0.2, -0.15) is 0 Å². The number of carboxylic acids is 1. The van der Waals surface area contributed by atoms with Gasteiger partial charge in [-0.3, -0.25) is 4.79 Å². The fourth-order valence-corrected chi connectivity index (χ4v) is 2.49. The summed E-state index contributed by atoms with van der Waals surface area (Å²) in [4.78, 5) is 10.7. The number of aliphatic carboxylic acids is 1. The van der Waals surface area contributed by atoms with Gasteiger partial charge in [0.15, 0.2) is 0 Å². The van der Waals surface area contributed by atoms with Gasteiger partial charge in [-0.1, -0.05) is 6.92 Å². The second kappa shape index (κ2) is 7.96. The van der Waals surface area contributed by atoms with Crippen LogP contribution in [0.1, 0.15) is 6.92 Å². The third kappa shape index (κ3) is 5.70. The molecule has 8 heteroatoms. The van der Waals surface area contributed by atoms with E-state index < -0.39 is 21.9 Å². The van der Waals surface area contributed by atoms with Crippen molar-refractivity contribution in [2.24, 2.45) is 5.92 Å². The van der Waals surface area contributed by atoms with E-state index in [2.05, 4.69) is 4.72 Å². The first-order valence-corrected chi connectivity index (χ1v) is 7.79. The highest BCUT2D eigenvalue weighted by molar-refractivity contribution is 7.89. The Hall–Kier alpha value is -1.64. The summed E-state index contributed by atoms with van der Waals surface area (Å²) in [5, 5.41) is 8.73. The van der Waals surface area contributed by atoms with Crippen molar-refractivity contribution in [2.45, 2.75) is 11.8 Å². The van der Waals surface area contributed by atoms with Crippen molar-refractivity contribution in [1.82, 2.24) is 4.72 Å². The molecule has 0 aliphatic heterocycles. The summed E-state index contributed by atoms with van der Waals surface area (Å²) < 4.78 is 36.4.